The van der Waals surface area contributed by atoms with Crippen molar-refractivity contribution in [2.45, 2.75) is 24.9 Å². The van der Waals surface area contributed by atoms with Gasteiger partial charge in [0.15, 0.2) is 0 Å². The molecule has 0 aromatic carbocycles. The summed E-state index contributed by atoms with van der Waals surface area (Å²) < 4.78 is 0. The molecule has 0 aliphatic heterocycles. The molecule has 0 aliphatic carbocycles. The smallest absolute Gasteiger partial charge is 0.550 e. The molecule has 0 amide bonds. The fourth-order valence-corrected chi connectivity index (χ4v) is 0.526. The van der Waals surface area contributed by atoms with Gasteiger partial charge in [0.05, 0.1) is 11.9 Å². The molecule has 0 aromatic heterocycles. The Balaban J connectivity index is -0.000000116. The summed E-state index contributed by atoms with van der Waals surface area (Å²) in [6.45, 7) is 0. The number of aliphatic carboxylic acids is 4. The maximum absolute atomic E-state index is 9.71. The first-order chi connectivity index (χ1) is 8.07. The average Bonchev–Trinajstić information content (AvgIpc) is 2.16. The first-order valence-electron chi connectivity index (χ1n) is 4.40. The molecule has 0 fully saturated rings. The predicted octanol–water partition coefficient (Wildman–Crippen LogP) is -8.35. The van der Waals surface area contributed by atoms with E-state index in [9.17, 15) is 39.6 Å². The standard InChI is InChI=1S/2C4H7NO4.2Sr/c2*5-2(4(8)9)1-3(6)7;;/h2*2H,1,5H2,(H,6,7)(H,8,9);;/q;;2*+2/p-4/t2-;;;/m0.../s1. The van der Waals surface area contributed by atoms with Gasteiger partial charge in [-0.2, -0.15) is 0 Å². The summed E-state index contributed by atoms with van der Waals surface area (Å²) in [5.41, 5.74) is 9.47. The van der Waals surface area contributed by atoms with Gasteiger partial charge in [0.25, 0.3) is 0 Å². The normalized spacial score (nSPS) is 11.3. The van der Waals surface area contributed by atoms with Crippen LogP contribution < -0.4 is 31.9 Å². The Morgan fingerprint density at radius 2 is 0.900 bits per heavy atom. The van der Waals surface area contributed by atoms with Gasteiger partial charge in [-0.15, -0.1) is 0 Å². The second-order valence-electron chi connectivity index (χ2n) is 3.00. The van der Waals surface area contributed by atoms with Gasteiger partial charge in [0, 0.05) is 36.9 Å². The quantitative estimate of drug-likeness (QED) is 0.374. The third-order valence-electron chi connectivity index (χ3n) is 1.38. The summed E-state index contributed by atoms with van der Waals surface area (Å²) in [7, 11) is 0. The number of carbonyl (C=O) groups is 4. The third-order valence-corrected chi connectivity index (χ3v) is 1.38. The van der Waals surface area contributed by atoms with Crippen LogP contribution in [0.4, 0.5) is 0 Å². The van der Waals surface area contributed by atoms with Crippen molar-refractivity contribution in [2.24, 2.45) is 11.5 Å². The second-order valence-corrected chi connectivity index (χ2v) is 3.00. The third kappa shape index (κ3) is 21.1. The maximum atomic E-state index is 9.71. The van der Waals surface area contributed by atoms with Crippen molar-refractivity contribution in [1.29, 1.82) is 0 Å². The van der Waals surface area contributed by atoms with E-state index >= 15 is 0 Å². The first-order valence-corrected chi connectivity index (χ1v) is 4.40. The average molecular weight is 437 g/mol. The van der Waals surface area contributed by atoms with Crippen molar-refractivity contribution in [3.05, 3.63) is 0 Å². The van der Waals surface area contributed by atoms with E-state index in [-0.39, 0.29) is 91.0 Å². The first kappa shape index (κ1) is 28.9. The number of carbonyl (C=O) groups excluding carboxylic acids is 4. The van der Waals surface area contributed by atoms with Gasteiger partial charge in [-0.1, -0.05) is 0 Å². The molecule has 0 aromatic rings. The van der Waals surface area contributed by atoms with E-state index in [0.717, 1.165) is 0 Å². The van der Waals surface area contributed by atoms with Crippen LogP contribution in [0, 0.1) is 0 Å². The number of hydrogen-bond acceptors (Lipinski definition) is 10. The maximum Gasteiger partial charge on any atom is 2.00 e. The van der Waals surface area contributed by atoms with Crippen LogP contribution in [-0.2, 0) is 19.2 Å². The van der Waals surface area contributed by atoms with Gasteiger partial charge in [-0.25, -0.2) is 0 Å². The van der Waals surface area contributed by atoms with E-state index in [1.54, 1.807) is 0 Å². The Bertz CT molecular complexity index is 306. The van der Waals surface area contributed by atoms with Crippen LogP contribution in [0.25, 0.3) is 0 Å². The molecule has 2 atom stereocenters. The van der Waals surface area contributed by atoms with Crippen LogP contribution in [-0.4, -0.2) is 127 Å². The molecule has 0 bridgehead atoms. The van der Waals surface area contributed by atoms with Crippen molar-refractivity contribution >= 4 is 115 Å². The Hall–Kier alpha value is 0.761. The Morgan fingerprint density at radius 3 is 0.950 bits per heavy atom. The minimum absolute atomic E-state index is 0. The molecule has 0 heterocycles. The zero-order valence-corrected chi connectivity index (χ0v) is 17.4. The van der Waals surface area contributed by atoms with Crippen molar-refractivity contribution < 1.29 is 39.6 Å². The van der Waals surface area contributed by atoms with Crippen LogP contribution in [0.1, 0.15) is 12.8 Å². The van der Waals surface area contributed by atoms with Gasteiger partial charge in [0.2, 0.25) is 0 Å². The van der Waals surface area contributed by atoms with Crippen LogP contribution in [0.2, 0.25) is 0 Å². The molecular formula is C8H10N2O8Sr2. The summed E-state index contributed by atoms with van der Waals surface area (Å²) >= 11 is 0. The van der Waals surface area contributed by atoms with Crippen LogP contribution in [0.3, 0.4) is 0 Å². The van der Waals surface area contributed by atoms with Gasteiger partial charge >= 0.3 is 91.0 Å². The number of carboxylic acid groups (broad SMARTS) is 4. The summed E-state index contributed by atoms with van der Waals surface area (Å²) in [5, 5.41) is 38.7. The van der Waals surface area contributed by atoms with Crippen LogP contribution >= 0.6 is 0 Å². The predicted molar refractivity (Wildman–Crippen MR) is 56.7 cm³/mol. The largest absolute Gasteiger partial charge is 2.00 e. The zero-order valence-electron chi connectivity index (χ0n) is 10.4. The molecule has 12 heteroatoms. The zero-order chi connectivity index (χ0) is 14.9. The summed E-state index contributed by atoms with van der Waals surface area (Å²) in [4.78, 5) is 38.7. The molecular weight excluding hydrogens is 427 g/mol. The van der Waals surface area contributed by atoms with Crippen molar-refractivity contribution in [3.63, 3.8) is 0 Å². The Morgan fingerprint density at radius 1 is 0.700 bits per heavy atom. The number of hydrogen-bond donors (Lipinski definition) is 2. The number of carboxylic acids is 4. The minimum atomic E-state index is -1.58. The molecule has 4 N–H and O–H groups in total. The fourth-order valence-electron chi connectivity index (χ4n) is 0.526. The molecule has 104 valence electrons. The SMILES string of the molecule is NC(CC(=O)[O-])C(=O)[O-].N[C@@H](CC(=O)[O-])C(=O)[O-].[Sr+2].[Sr+2]. The molecule has 0 saturated heterocycles. The molecule has 20 heavy (non-hydrogen) atoms. The molecule has 0 spiro atoms. The van der Waals surface area contributed by atoms with Crippen molar-refractivity contribution in [2.75, 3.05) is 0 Å². The van der Waals surface area contributed by atoms with Crippen LogP contribution in [0.15, 0.2) is 0 Å². The van der Waals surface area contributed by atoms with Gasteiger partial charge in [0.1, 0.15) is 0 Å². The van der Waals surface area contributed by atoms with Crippen LogP contribution in [0.5, 0.6) is 0 Å². The van der Waals surface area contributed by atoms with E-state index in [4.69, 9.17) is 11.5 Å². The van der Waals surface area contributed by atoms with Crippen molar-refractivity contribution in [1.82, 2.24) is 0 Å². The van der Waals surface area contributed by atoms with Gasteiger partial charge in [-0.3, -0.25) is 0 Å². The summed E-state index contributed by atoms with van der Waals surface area (Å²) in [6.07, 6.45) is -1.41. The van der Waals surface area contributed by atoms with Gasteiger partial charge in [-0.05, 0) is 0 Å². The second kappa shape index (κ2) is 16.1. The topological polar surface area (TPSA) is 213 Å². The molecule has 10 nitrogen and oxygen atoms in total. The molecule has 0 radical (unpaired) electrons. The van der Waals surface area contributed by atoms with E-state index in [1.165, 1.54) is 0 Å². The van der Waals surface area contributed by atoms with E-state index in [1.807, 2.05) is 0 Å². The molecule has 0 saturated carbocycles. The monoisotopic (exact) mass is 438 g/mol. The fraction of sp³-hybridized carbons (Fsp3) is 0.500. The van der Waals surface area contributed by atoms with E-state index in [0.29, 0.717) is 0 Å². The molecule has 1 unspecified atom stereocenters. The van der Waals surface area contributed by atoms with E-state index < -0.39 is 48.8 Å². The van der Waals surface area contributed by atoms with E-state index in [2.05, 4.69) is 0 Å². The molecule has 0 rings (SSSR count). The summed E-state index contributed by atoms with van der Waals surface area (Å²) in [6, 6.07) is -2.93. The van der Waals surface area contributed by atoms with Crippen molar-refractivity contribution in [3.8, 4) is 0 Å². The number of rotatable bonds is 6. The summed E-state index contributed by atoms with van der Waals surface area (Å²) in [5.74, 6) is -6.16. The van der Waals surface area contributed by atoms with Gasteiger partial charge < -0.3 is 51.1 Å². The minimum Gasteiger partial charge on any atom is -0.550 e. The number of nitrogens with two attached hydrogens (primary N) is 2. The Kier molecular flexibility index (Phi) is 23.3. The Labute approximate surface area is 188 Å². The molecule has 0 aliphatic rings.